The zero-order valence-electron chi connectivity index (χ0n) is 12.6. The Morgan fingerprint density at radius 2 is 2.10 bits per heavy atom. The summed E-state index contributed by atoms with van der Waals surface area (Å²) < 4.78 is 5.48. The van der Waals surface area contributed by atoms with E-state index in [0.29, 0.717) is 37.5 Å². The predicted octanol–water partition coefficient (Wildman–Crippen LogP) is 1.83. The summed E-state index contributed by atoms with van der Waals surface area (Å²) in [6.45, 7) is 7.22. The highest BCUT2D eigenvalue weighted by Gasteiger charge is 2.15. The molecule has 1 aromatic rings. The quantitative estimate of drug-likeness (QED) is 0.776. The fraction of sp³-hybridized carbons (Fsp3) is 0.692. The fourth-order valence-electron chi connectivity index (χ4n) is 1.46. The zero-order chi connectivity index (χ0) is 15.0. The first-order valence-electron chi connectivity index (χ1n) is 6.84. The van der Waals surface area contributed by atoms with E-state index in [0.717, 1.165) is 6.42 Å². The van der Waals surface area contributed by atoms with E-state index in [1.165, 1.54) is 0 Å². The van der Waals surface area contributed by atoms with Gasteiger partial charge in [-0.3, -0.25) is 0 Å². The number of hydrogen-bond donors (Lipinski definition) is 1. The summed E-state index contributed by atoms with van der Waals surface area (Å²) in [5, 5.41) is 11.8. The molecule has 0 aliphatic rings. The fourth-order valence-corrected chi connectivity index (χ4v) is 1.46. The van der Waals surface area contributed by atoms with Gasteiger partial charge in [0.2, 0.25) is 11.9 Å². The number of aromatic nitrogens is 3. The Kier molecular flexibility index (Phi) is 6.50. The standard InChI is InChI=1S/C13H22N6O/c1-5-9-20-13-17-11(15-6-2)16-12(18-13)19(4)10(3)7-8-14/h10H,5-7,9H2,1-4H3,(H,15,16,17,18). The molecule has 20 heavy (non-hydrogen) atoms. The molecular weight excluding hydrogens is 256 g/mol. The lowest BCUT2D eigenvalue weighted by atomic mass is 10.2. The minimum absolute atomic E-state index is 0.0240. The van der Waals surface area contributed by atoms with Crippen LogP contribution in [0.5, 0.6) is 6.01 Å². The van der Waals surface area contributed by atoms with E-state index in [9.17, 15) is 0 Å². The third-order valence-corrected chi connectivity index (χ3v) is 2.74. The molecule has 1 rings (SSSR count). The van der Waals surface area contributed by atoms with E-state index in [1.54, 1.807) is 0 Å². The third kappa shape index (κ3) is 4.53. The minimum atomic E-state index is 0.0240. The Labute approximate surface area is 120 Å². The van der Waals surface area contributed by atoms with Gasteiger partial charge in [-0.15, -0.1) is 0 Å². The first-order chi connectivity index (χ1) is 9.62. The van der Waals surface area contributed by atoms with Crippen LogP contribution >= 0.6 is 0 Å². The van der Waals surface area contributed by atoms with Crippen LogP contribution in [0.2, 0.25) is 0 Å². The molecule has 1 aromatic heterocycles. The molecule has 0 fully saturated rings. The number of anilines is 2. The smallest absolute Gasteiger partial charge is 0.323 e. The molecule has 0 saturated carbocycles. The Morgan fingerprint density at radius 3 is 2.70 bits per heavy atom. The van der Waals surface area contributed by atoms with E-state index in [1.807, 2.05) is 32.7 Å². The molecule has 7 heteroatoms. The monoisotopic (exact) mass is 278 g/mol. The van der Waals surface area contributed by atoms with Crippen LogP contribution in [0.3, 0.4) is 0 Å². The van der Waals surface area contributed by atoms with Crippen molar-refractivity contribution in [3.63, 3.8) is 0 Å². The van der Waals surface area contributed by atoms with Crippen LogP contribution in [0.25, 0.3) is 0 Å². The van der Waals surface area contributed by atoms with Gasteiger partial charge >= 0.3 is 6.01 Å². The largest absolute Gasteiger partial charge is 0.463 e. The molecule has 1 atom stereocenters. The first kappa shape index (κ1) is 16.0. The number of nitrogens with zero attached hydrogens (tertiary/aromatic N) is 5. The molecule has 1 heterocycles. The van der Waals surface area contributed by atoms with Crippen molar-refractivity contribution >= 4 is 11.9 Å². The molecule has 0 spiro atoms. The number of rotatable bonds is 8. The van der Waals surface area contributed by atoms with Gasteiger partial charge in [0.05, 0.1) is 19.1 Å². The number of nitrogens with one attached hydrogen (secondary N) is 1. The summed E-state index contributed by atoms with van der Waals surface area (Å²) in [6.07, 6.45) is 1.29. The Balaban J connectivity index is 2.98. The predicted molar refractivity (Wildman–Crippen MR) is 77.9 cm³/mol. The summed E-state index contributed by atoms with van der Waals surface area (Å²) in [5.74, 6) is 0.990. The van der Waals surface area contributed by atoms with Gasteiger partial charge in [0.15, 0.2) is 0 Å². The highest BCUT2D eigenvalue weighted by Crippen LogP contribution is 2.17. The lowest BCUT2D eigenvalue weighted by Crippen LogP contribution is -2.30. The maximum atomic E-state index is 8.78. The highest BCUT2D eigenvalue weighted by molar-refractivity contribution is 5.38. The molecule has 7 nitrogen and oxygen atoms in total. The molecule has 0 amide bonds. The van der Waals surface area contributed by atoms with E-state index in [-0.39, 0.29) is 6.04 Å². The van der Waals surface area contributed by atoms with Gasteiger partial charge in [-0.2, -0.15) is 20.2 Å². The Bertz CT molecular complexity index is 459. The number of ether oxygens (including phenoxy) is 1. The lowest BCUT2D eigenvalue weighted by Gasteiger charge is -2.23. The van der Waals surface area contributed by atoms with Gasteiger partial charge < -0.3 is 15.0 Å². The van der Waals surface area contributed by atoms with Crippen LogP contribution < -0.4 is 15.0 Å². The maximum absolute atomic E-state index is 8.78. The van der Waals surface area contributed by atoms with Gasteiger partial charge in [-0.25, -0.2) is 0 Å². The summed E-state index contributed by atoms with van der Waals surface area (Å²) >= 11 is 0. The molecule has 1 N–H and O–H groups in total. The second kappa shape index (κ2) is 8.15. The van der Waals surface area contributed by atoms with Crippen LogP contribution in [0, 0.1) is 11.3 Å². The topological polar surface area (TPSA) is 87.0 Å². The van der Waals surface area contributed by atoms with Crippen LogP contribution in [0.1, 0.15) is 33.6 Å². The molecule has 0 aliphatic carbocycles. The van der Waals surface area contributed by atoms with E-state index >= 15 is 0 Å². The normalized spacial score (nSPS) is 11.6. The molecule has 0 saturated heterocycles. The van der Waals surface area contributed by atoms with Crippen molar-refractivity contribution in [3.8, 4) is 12.1 Å². The second-order valence-corrected chi connectivity index (χ2v) is 4.44. The minimum Gasteiger partial charge on any atom is -0.463 e. The van der Waals surface area contributed by atoms with E-state index < -0.39 is 0 Å². The van der Waals surface area contributed by atoms with Gasteiger partial charge in [-0.05, 0) is 20.3 Å². The first-order valence-corrected chi connectivity index (χ1v) is 6.84. The molecule has 0 bridgehead atoms. The molecule has 0 aliphatic heterocycles. The van der Waals surface area contributed by atoms with Crippen molar-refractivity contribution in [2.24, 2.45) is 0 Å². The van der Waals surface area contributed by atoms with Gasteiger partial charge in [0, 0.05) is 19.6 Å². The maximum Gasteiger partial charge on any atom is 0.323 e. The Hall–Kier alpha value is -2.10. The van der Waals surface area contributed by atoms with Gasteiger partial charge in [0.25, 0.3) is 0 Å². The van der Waals surface area contributed by atoms with Gasteiger partial charge in [0.1, 0.15) is 0 Å². The van der Waals surface area contributed by atoms with Crippen molar-refractivity contribution < 1.29 is 4.74 Å². The lowest BCUT2D eigenvalue weighted by molar-refractivity contribution is 0.291. The van der Waals surface area contributed by atoms with Crippen LogP contribution in [0.15, 0.2) is 0 Å². The van der Waals surface area contributed by atoms with Crippen LogP contribution in [0.4, 0.5) is 11.9 Å². The summed E-state index contributed by atoms with van der Waals surface area (Å²) in [4.78, 5) is 14.7. The van der Waals surface area contributed by atoms with Crippen LogP contribution in [-0.2, 0) is 0 Å². The Morgan fingerprint density at radius 1 is 1.35 bits per heavy atom. The highest BCUT2D eigenvalue weighted by atomic mass is 16.5. The van der Waals surface area contributed by atoms with Crippen molar-refractivity contribution in [1.82, 2.24) is 15.0 Å². The number of nitriles is 1. The SMILES string of the molecule is CCCOc1nc(NCC)nc(N(C)C(C)CC#N)n1. The van der Waals surface area contributed by atoms with Crippen molar-refractivity contribution in [2.45, 2.75) is 39.7 Å². The molecule has 110 valence electrons. The molecule has 1 unspecified atom stereocenters. The van der Waals surface area contributed by atoms with E-state index in [2.05, 4.69) is 26.3 Å². The summed E-state index contributed by atoms with van der Waals surface area (Å²) in [7, 11) is 1.86. The molecule has 0 radical (unpaired) electrons. The molecule has 0 aromatic carbocycles. The second-order valence-electron chi connectivity index (χ2n) is 4.44. The number of hydrogen-bond acceptors (Lipinski definition) is 7. The molecular formula is C13H22N6O. The average Bonchev–Trinajstić information content (AvgIpc) is 2.44. The average molecular weight is 278 g/mol. The van der Waals surface area contributed by atoms with Crippen molar-refractivity contribution in [2.75, 3.05) is 30.4 Å². The van der Waals surface area contributed by atoms with Gasteiger partial charge in [-0.1, -0.05) is 6.92 Å². The van der Waals surface area contributed by atoms with Crippen molar-refractivity contribution in [1.29, 1.82) is 5.26 Å². The summed E-state index contributed by atoms with van der Waals surface area (Å²) in [6, 6.07) is 2.48. The van der Waals surface area contributed by atoms with E-state index in [4.69, 9.17) is 10.00 Å². The van der Waals surface area contributed by atoms with Crippen LogP contribution in [-0.4, -0.2) is 41.2 Å². The van der Waals surface area contributed by atoms with Crippen molar-refractivity contribution in [3.05, 3.63) is 0 Å². The summed E-state index contributed by atoms with van der Waals surface area (Å²) in [5.41, 5.74) is 0. The zero-order valence-corrected chi connectivity index (χ0v) is 12.6. The third-order valence-electron chi connectivity index (χ3n) is 2.74.